The molecule has 0 fully saturated rings. The van der Waals surface area contributed by atoms with Gasteiger partial charge in [-0.15, -0.1) is 0 Å². The van der Waals surface area contributed by atoms with Crippen molar-refractivity contribution in [3.63, 3.8) is 0 Å². The van der Waals surface area contributed by atoms with Gasteiger partial charge in [-0.3, -0.25) is 0 Å². The Bertz CT molecular complexity index is 561. The molecule has 1 aromatic rings. The number of aromatic hydroxyl groups is 1. The van der Waals surface area contributed by atoms with Crippen molar-refractivity contribution in [2.45, 2.75) is 17.9 Å². The lowest BCUT2D eigenvalue weighted by Gasteiger charge is -2.12. The van der Waals surface area contributed by atoms with E-state index in [0.717, 1.165) is 0 Å². The minimum Gasteiger partial charge on any atom is -0.508 e. The van der Waals surface area contributed by atoms with Crippen molar-refractivity contribution in [2.75, 3.05) is 7.05 Å². The van der Waals surface area contributed by atoms with Gasteiger partial charge in [0.05, 0.1) is 4.90 Å². The summed E-state index contributed by atoms with van der Waals surface area (Å²) in [4.78, 5) is 0.266. The van der Waals surface area contributed by atoms with Gasteiger partial charge in [0.15, 0.2) is 0 Å². The molecule has 16 heavy (non-hydrogen) atoms. The minimum atomic E-state index is -3.34. The normalized spacial score (nSPS) is 19.0. The van der Waals surface area contributed by atoms with Crippen molar-refractivity contribution in [1.82, 2.24) is 5.32 Å². The Kier molecular flexibility index (Phi) is 2.52. The maximum Gasteiger partial charge on any atom is 0.200 e. The molecule has 5 heteroatoms. The van der Waals surface area contributed by atoms with Crippen LogP contribution in [0.3, 0.4) is 0 Å². The van der Waals surface area contributed by atoms with Gasteiger partial charge in [0.25, 0.3) is 0 Å². The Morgan fingerprint density at radius 2 is 2.06 bits per heavy atom. The van der Waals surface area contributed by atoms with E-state index in [1.165, 1.54) is 23.6 Å². The van der Waals surface area contributed by atoms with Gasteiger partial charge in [0.2, 0.25) is 9.84 Å². The van der Waals surface area contributed by atoms with Crippen LogP contribution in [0.15, 0.2) is 28.5 Å². The van der Waals surface area contributed by atoms with Gasteiger partial charge < -0.3 is 10.4 Å². The van der Waals surface area contributed by atoms with Crippen LogP contribution in [0.2, 0.25) is 0 Å². The number of sulfone groups is 1. The quantitative estimate of drug-likeness (QED) is 0.812. The summed E-state index contributed by atoms with van der Waals surface area (Å²) in [5.41, 5.74) is 1.27. The van der Waals surface area contributed by atoms with Gasteiger partial charge in [-0.05, 0) is 37.7 Å². The number of nitrogens with one attached hydrogen (secondary N) is 1. The average molecular weight is 239 g/mol. The molecule has 86 valence electrons. The van der Waals surface area contributed by atoms with Gasteiger partial charge in [-0.25, -0.2) is 8.42 Å². The van der Waals surface area contributed by atoms with E-state index < -0.39 is 9.84 Å². The lowest BCUT2D eigenvalue weighted by molar-refractivity contribution is 0.474. The summed E-state index contributed by atoms with van der Waals surface area (Å²) in [5.74, 6) is 0.0741. The van der Waals surface area contributed by atoms with Crippen molar-refractivity contribution in [1.29, 1.82) is 0 Å². The summed E-state index contributed by atoms with van der Waals surface area (Å²) in [6.45, 7) is 1.88. The molecule has 0 spiro atoms. The fourth-order valence-electron chi connectivity index (χ4n) is 1.78. The molecular weight excluding hydrogens is 226 g/mol. The third-order valence-electron chi connectivity index (χ3n) is 2.76. The molecule has 1 aromatic carbocycles. The number of likely N-dealkylation sites (N-methyl/N-ethyl adjacent to an activating group) is 1. The van der Waals surface area contributed by atoms with E-state index in [4.69, 9.17) is 0 Å². The van der Waals surface area contributed by atoms with E-state index in [1.54, 1.807) is 7.05 Å². The van der Waals surface area contributed by atoms with Crippen LogP contribution in [-0.4, -0.2) is 26.6 Å². The average Bonchev–Trinajstić information content (AvgIpc) is 2.49. The first-order valence-electron chi connectivity index (χ1n) is 4.93. The minimum absolute atomic E-state index is 0.0715. The third kappa shape index (κ3) is 1.62. The fourth-order valence-corrected chi connectivity index (χ4v) is 3.31. The lowest BCUT2D eigenvalue weighted by Crippen LogP contribution is -2.22. The van der Waals surface area contributed by atoms with E-state index in [-0.39, 0.29) is 16.7 Å². The molecule has 1 aliphatic rings. The van der Waals surface area contributed by atoms with Crippen LogP contribution in [-0.2, 0) is 9.84 Å². The van der Waals surface area contributed by atoms with Crippen molar-refractivity contribution >= 4 is 15.4 Å². The summed E-state index contributed by atoms with van der Waals surface area (Å²) in [7, 11) is -1.58. The van der Waals surface area contributed by atoms with Gasteiger partial charge in [-0.2, -0.15) is 0 Å². The van der Waals surface area contributed by atoms with Gasteiger partial charge in [0.1, 0.15) is 5.75 Å². The molecular formula is C11H13NO3S. The number of fused-ring (bicyclic) bond motifs is 1. The Labute approximate surface area is 94.5 Å². The third-order valence-corrected chi connectivity index (χ3v) is 4.30. The largest absolute Gasteiger partial charge is 0.508 e. The molecule has 0 bridgehead atoms. The standard InChI is InChI=1S/C11H13NO3S/c1-7(12-2)10-6-16(14,15)11-4-3-8(13)5-9(10)11/h3-7,12-13H,1-2H3. The number of phenols is 1. The van der Waals surface area contributed by atoms with E-state index in [9.17, 15) is 13.5 Å². The predicted molar refractivity (Wildman–Crippen MR) is 61.8 cm³/mol. The van der Waals surface area contributed by atoms with Crippen LogP contribution in [0, 0.1) is 0 Å². The lowest BCUT2D eigenvalue weighted by atomic mass is 10.0. The summed E-state index contributed by atoms with van der Waals surface area (Å²) < 4.78 is 23.6. The Morgan fingerprint density at radius 1 is 1.38 bits per heavy atom. The first-order valence-corrected chi connectivity index (χ1v) is 6.47. The molecule has 0 saturated carbocycles. The first-order chi connectivity index (χ1) is 7.45. The Hall–Kier alpha value is -1.33. The Balaban J connectivity index is 2.66. The van der Waals surface area contributed by atoms with Crippen LogP contribution in [0.25, 0.3) is 5.57 Å². The summed E-state index contributed by atoms with van der Waals surface area (Å²) in [6.07, 6.45) is 0. The zero-order chi connectivity index (χ0) is 11.9. The molecule has 1 heterocycles. The number of hydrogen-bond acceptors (Lipinski definition) is 4. The van der Waals surface area contributed by atoms with Crippen molar-refractivity contribution in [3.05, 3.63) is 29.2 Å². The monoisotopic (exact) mass is 239 g/mol. The van der Waals surface area contributed by atoms with Crippen molar-refractivity contribution in [3.8, 4) is 5.75 Å². The highest BCUT2D eigenvalue weighted by atomic mass is 32.2. The number of phenolic OH excluding ortho intramolecular Hbond substituents is 1. The van der Waals surface area contributed by atoms with E-state index in [2.05, 4.69) is 5.32 Å². The molecule has 4 nitrogen and oxygen atoms in total. The molecule has 1 unspecified atom stereocenters. The summed E-state index contributed by atoms with van der Waals surface area (Å²) in [6, 6.07) is 4.24. The second-order valence-electron chi connectivity index (χ2n) is 3.81. The van der Waals surface area contributed by atoms with Crippen LogP contribution in [0.5, 0.6) is 5.75 Å². The van der Waals surface area contributed by atoms with Crippen LogP contribution < -0.4 is 5.32 Å². The summed E-state index contributed by atoms with van der Waals surface area (Å²) >= 11 is 0. The van der Waals surface area contributed by atoms with Crippen molar-refractivity contribution < 1.29 is 13.5 Å². The van der Waals surface area contributed by atoms with E-state index in [1.807, 2.05) is 6.92 Å². The highest BCUT2D eigenvalue weighted by molar-refractivity contribution is 7.95. The topological polar surface area (TPSA) is 66.4 Å². The SMILES string of the molecule is CNC(C)C1=CS(=O)(=O)c2ccc(O)cc21. The highest BCUT2D eigenvalue weighted by Crippen LogP contribution is 2.36. The van der Waals surface area contributed by atoms with Crippen molar-refractivity contribution in [2.24, 2.45) is 0 Å². The number of hydrogen-bond donors (Lipinski definition) is 2. The van der Waals surface area contributed by atoms with E-state index >= 15 is 0 Å². The highest BCUT2D eigenvalue weighted by Gasteiger charge is 2.29. The van der Waals surface area contributed by atoms with Crippen LogP contribution in [0.1, 0.15) is 12.5 Å². The number of benzene rings is 1. The molecule has 2 N–H and O–H groups in total. The molecule has 0 amide bonds. The predicted octanol–water partition coefficient (Wildman–Crippen LogP) is 1.13. The second-order valence-corrected chi connectivity index (χ2v) is 5.57. The first kappa shape index (κ1) is 11.2. The molecule has 2 rings (SSSR count). The van der Waals surface area contributed by atoms with Crippen LogP contribution >= 0.6 is 0 Å². The molecule has 0 aliphatic carbocycles. The fraction of sp³-hybridized carbons (Fsp3) is 0.273. The summed E-state index contributed by atoms with van der Waals surface area (Å²) in [5, 5.41) is 13.6. The molecule has 0 saturated heterocycles. The maximum absolute atomic E-state index is 11.8. The second kappa shape index (κ2) is 3.61. The molecule has 1 atom stereocenters. The maximum atomic E-state index is 11.8. The molecule has 1 aliphatic heterocycles. The van der Waals surface area contributed by atoms with Gasteiger partial charge in [-0.1, -0.05) is 0 Å². The van der Waals surface area contributed by atoms with Crippen LogP contribution in [0.4, 0.5) is 0 Å². The number of rotatable bonds is 2. The molecule has 0 radical (unpaired) electrons. The van der Waals surface area contributed by atoms with Gasteiger partial charge in [0, 0.05) is 17.0 Å². The van der Waals surface area contributed by atoms with Gasteiger partial charge >= 0.3 is 0 Å². The zero-order valence-corrected chi connectivity index (χ0v) is 9.88. The smallest absolute Gasteiger partial charge is 0.200 e. The molecule has 0 aromatic heterocycles. The Morgan fingerprint density at radius 3 is 2.69 bits per heavy atom. The zero-order valence-electron chi connectivity index (χ0n) is 9.06. The van der Waals surface area contributed by atoms with E-state index in [0.29, 0.717) is 11.1 Å².